The molecule has 2 heterocycles. The summed E-state index contributed by atoms with van der Waals surface area (Å²) in [4.78, 5) is 2.50. The average molecular weight is 247 g/mol. The lowest BCUT2D eigenvalue weighted by Gasteiger charge is -2.38. The minimum Gasteiger partial charge on any atom is -0.454 e. The van der Waals surface area contributed by atoms with Crippen molar-refractivity contribution >= 4 is 5.69 Å². The second-order valence-electron chi connectivity index (χ2n) is 6.11. The molecule has 0 aromatic heterocycles. The molecular formula is C15H21NO2. The highest BCUT2D eigenvalue weighted by molar-refractivity contribution is 5.64. The van der Waals surface area contributed by atoms with Gasteiger partial charge in [-0.1, -0.05) is 0 Å². The smallest absolute Gasteiger partial charge is 0.231 e. The van der Waals surface area contributed by atoms with Crippen molar-refractivity contribution in [3.63, 3.8) is 0 Å². The van der Waals surface area contributed by atoms with Gasteiger partial charge in [0.05, 0.1) is 0 Å². The van der Waals surface area contributed by atoms with Crippen LogP contribution in [0, 0.1) is 0 Å². The summed E-state index contributed by atoms with van der Waals surface area (Å²) in [6, 6.07) is 4.33. The summed E-state index contributed by atoms with van der Waals surface area (Å²) in [5.41, 5.74) is 2.86. The summed E-state index contributed by atoms with van der Waals surface area (Å²) in [7, 11) is 0. The topological polar surface area (TPSA) is 21.7 Å². The zero-order valence-corrected chi connectivity index (χ0v) is 11.5. The molecule has 0 radical (unpaired) electrons. The molecule has 0 N–H and O–H groups in total. The largest absolute Gasteiger partial charge is 0.454 e. The van der Waals surface area contributed by atoms with Crippen LogP contribution in [-0.2, 0) is 6.42 Å². The minimum absolute atomic E-state index is 0.146. The first-order valence-electron chi connectivity index (χ1n) is 6.76. The van der Waals surface area contributed by atoms with E-state index in [2.05, 4.69) is 37.8 Å². The minimum atomic E-state index is 0.146. The lowest BCUT2D eigenvalue weighted by Crippen LogP contribution is -2.42. The second kappa shape index (κ2) is 4.08. The fourth-order valence-corrected chi connectivity index (χ4v) is 2.83. The number of anilines is 1. The molecule has 1 aromatic carbocycles. The maximum absolute atomic E-state index is 5.52. The molecule has 0 aliphatic carbocycles. The van der Waals surface area contributed by atoms with E-state index in [1.54, 1.807) is 0 Å². The summed E-state index contributed by atoms with van der Waals surface area (Å²) < 4.78 is 11.0. The summed E-state index contributed by atoms with van der Waals surface area (Å²) in [6.45, 7) is 8.29. The fraction of sp³-hybridized carbons (Fsp3) is 0.600. The van der Waals surface area contributed by atoms with Crippen LogP contribution in [-0.4, -0.2) is 18.9 Å². The number of rotatable bonds is 0. The van der Waals surface area contributed by atoms with Gasteiger partial charge in [-0.25, -0.2) is 0 Å². The molecule has 2 aliphatic heterocycles. The van der Waals surface area contributed by atoms with E-state index in [0.29, 0.717) is 6.79 Å². The molecule has 2 aliphatic rings. The molecule has 3 heteroatoms. The van der Waals surface area contributed by atoms with Crippen LogP contribution in [0.3, 0.4) is 0 Å². The first-order chi connectivity index (χ1) is 8.55. The first kappa shape index (κ1) is 11.7. The number of benzene rings is 1. The fourth-order valence-electron chi connectivity index (χ4n) is 2.83. The van der Waals surface area contributed by atoms with Crippen LogP contribution in [0.1, 0.15) is 39.2 Å². The van der Waals surface area contributed by atoms with Gasteiger partial charge in [-0.3, -0.25) is 0 Å². The van der Waals surface area contributed by atoms with Crippen molar-refractivity contribution in [1.82, 2.24) is 0 Å². The maximum Gasteiger partial charge on any atom is 0.231 e. The third-order valence-corrected chi connectivity index (χ3v) is 3.75. The van der Waals surface area contributed by atoms with Gasteiger partial charge in [0.1, 0.15) is 0 Å². The van der Waals surface area contributed by atoms with Crippen LogP contribution in [0.2, 0.25) is 0 Å². The van der Waals surface area contributed by atoms with E-state index in [-0.39, 0.29) is 5.54 Å². The molecule has 0 bridgehead atoms. The molecule has 0 spiro atoms. The van der Waals surface area contributed by atoms with Gasteiger partial charge in [-0.15, -0.1) is 0 Å². The van der Waals surface area contributed by atoms with Gasteiger partial charge in [0, 0.05) is 23.8 Å². The van der Waals surface area contributed by atoms with Crippen molar-refractivity contribution in [1.29, 1.82) is 0 Å². The molecule has 98 valence electrons. The van der Waals surface area contributed by atoms with E-state index in [1.165, 1.54) is 24.1 Å². The van der Waals surface area contributed by atoms with Crippen LogP contribution >= 0.6 is 0 Å². The molecule has 3 rings (SSSR count). The Morgan fingerprint density at radius 1 is 1.06 bits per heavy atom. The van der Waals surface area contributed by atoms with Gasteiger partial charge in [0.2, 0.25) is 6.79 Å². The number of aryl methyl sites for hydroxylation is 1. The van der Waals surface area contributed by atoms with Gasteiger partial charge in [-0.2, -0.15) is 0 Å². The second-order valence-corrected chi connectivity index (χ2v) is 6.11. The Labute approximate surface area is 109 Å². The zero-order chi connectivity index (χ0) is 12.8. The van der Waals surface area contributed by atoms with Crippen LogP contribution in [0.15, 0.2) is 12.1 Å². The number of hydrogen-bond acceptors (Lipinski definition) is 3. The van der Waals surface area contributed by atoms with Crippen LogP contribution in [0.5, 0.6) is 11.5 Å². The SMILES string of the molecule is CC(C)(C)N1CCCCc2cc3c(cc21)OCO3. The van der Waals surface area contributed by atoms with E-state index in [1.807, 2.05) is 0 Å². The van der Waals surface area contributed by atoms with Gasteiger partial charge in [0.15, 0.2) is 11.5 Å². The van der Waals surface area contributed by atoms with E-state index in [9.17, 15) is 0 Å². The normalized spacial score (nSPS) is 18.5. The summed E-state index contributed by atoms with van der Waals surface area (Å²) in [5.74, 6) is 1.80. The van der Waals surface area contributed by atoms with E-state index in [0.717, 1.165) is 24.5 Å². The molecule has 18 heavy (non-hydrogen) atoms. The zero-order valence-electron chi connectivity index (χ0n) is 11.5. The van der Waals surface area contributed by atoms with Crippen LogP contribution in [0.25, 0.3) is 0 Å². The highest BCUT2D eigenvalue weighted by Crippen LogP contribution is 2.41. The Balaban J connectivity index is 2.09. The quantitative estimate of drug-likeness (QED) is 0.701. The molecule has 0 saturated carbocycles. The van der Waals surface area contributed by atoms with Crippen molar-refractivity contribution in [3.8, 4) is 11.5 Å². The summed E-state index contributed by atoms with van der Waals surface area (Å²) in [6.07, 6.45) is 3.64. The molecule has 0 fully saturated rings. The standard InChI is InChI=1S/C15H21NO2/c1-15(2,3)16-7-5-4-6-11-8-13-14(9-12(11)16)18-10-17-13/h8-9H,4-7,10H2,1-3H3. The predicted molar refractivity (Wildman–Crippen MR) is 72.6 cm³/mol. The molecule has 3 nitrogen and oxygen atoms in total. The van der Waals surface area contributed by atoms with Gasteiger partial charge >= 0.3 is 0 Å². The monoisotopic (exact) mass is 247 g/mol. The van der Waals surface area contributed by atoms with Gasteiger partial charge in [-0.05, 0) is 51.7 Å². The van der Waals surface area contributed by atoms with E-state index < -0.39 is 0 Å². The molecule has 0 saturated heterocycles. The number of nitrogens with zero attached hydrogens (tertiary/aromatic N) is 1. The van der Waals surface area contributed by atoms with E-state index >= 15 is 0 Å². The molecular weight excluding hydrogens is 226 g/mol. The number of fused-ring (bicyclic) bond motifs is 2. The summed E-state index contributed by atoms with van der Waals surface area (Å²) in [5, 5.41) is 0. The third-order valence-electron chi connectivity index (χ3n) is 3.75. The molecule has 0 amide bonds. The molecule has 0 unspecified atom stereocenters. The van der Waals surface area contributed by atoms with Crippen molar-refractivity contribution in [3.05, 3.63) is 17.7 Å². The lowest BCUT2D eigenvalue weighted by molar-refractivity contribution is 0.174. The summed E-state index contributed by atoms with van der Waals surface area (Å²) >= 11 is 0. The highest BCUT2D eigenvalue weighted by atomic mass is 16.7. The van der Waals surface area contributed by atoms with Crippen molar-refractivity contribution < 1.29 is 9.47 Å². The Kier molecular flexibility index (Phi) is 2.65. The molecule has 1 aromatic rings. The average Bonchev–Trinajstić information content (AvgIpc) is 2.62. The van der Waals surface area contributed by atoms with Crippen molar-refractivity contribution in [2.75, 3.05) is 18.2 Å². The Morgan fingerprint density at radius 3 is 2.50 bits per heavy atom. The number of ether oxygens (including phenoxy) is 2. The van der Waals surface area contributed by atoms with Gasteiger partial charge in [0.25, 0.3) is 0 Å². The Bertz CT molecular complexity index is 462. The first-order valence-corrected chi connectivity index (χ1v) is 6.76. The van der Waals surface area contributed by atoms with E-state index in [4.69, 9.17) is 9.47 Å². The number of hydrogen-bond donors (Lipinski definition) is 0. The Morgan fingerprint density at radius 2 is 1.78 bits per heavy atom. The maximum atomic E-state index is 5.52. The molecule has 0 atom stereocenters. The third kappa shape index (κ3) is 1.92. The highest BCUT2D eigenvalue weighted by Gasteiger charge is 2.28. The Hall–Kier alpha value is -1.38. The predicted octanol–water partition coefficient (Wildman–Crippen LogP) is 3.36. The van der Waals surface area contributed by atoms with Crippen LogP contribution in [0.4, 0.5) is 5.69 Å². The van der Waals surface area contributed by atoms with Crippen molar-refractivity contribution in [2.45, 2.75) is 45.6 Å². The van der Waals surface area contributed by atoms with Crippen molar-refractivity contribution in [2.24, 2.45) is 0 Å². The van der Waals surface area contributed by atoms with Crippen LogP contribution < -0.4 is 14.4 Å². The lowest BCUT2D eigenvalue weighted by atomic mass is 10.0. The van der Waals surface area contributed by atoms with Gasteiger partial charge < -0.3 is 14.4 Å².